The van der Waals surface area contributed by atoms with E-state index in [0.717, 1.165) is 50.5 Å². The minimum Gasteiger partial charge on any atom is -0.405 e. The van der Waals surface area contributed by atoms with Crippen LogP contribution in [-0.4, -0.2) is 20.9 Å². The van der Waals surface area contributed by atoms with Gasteiger partial charge in [-0.3, -0.25) is 0 Å². The molecule has 9 heteroatoms. The molecule has 210 valence electrons. The molecule has 0 aliphatic carbocycles. The van der Waals surface area contributed by atoms with E-state index in [-0.39, 0.29) is 20.9 Å². The second-order valence-electron chi connectivity index (χ2n) is 12.2. The van der Waals surface area contributed by atoms with Gasteiger partial charge in [0.1, 0.15) is 0 Å². The summed E-state index contributed by atoms with van der Waals surface area (Å²) < 4.78 is 0. The Hall–Kier alpha value is -5.69. The van der Waals surface area contributed by atoms with E-state index in [1.54, 1.807) is 0 Å². The highest BCUT2D eigenvalue weighted by Gasteiger charge is 2.33. The fourth-order valence-electron chi connectivity index (χ4n) is 7.49. The van der Waals surface area contributed by atoms with E-state index in [2.05, 4.69) is 159 Å². The Morgan fingerprint density at radius 3 is 0.733 bits per heavy atom. The second kappa shape index (κ2) is 9.41. The van der Waals surface area contributed by atoms with Gasteiger partial charge < -0.3 is 31.4 Å². The van der Waals surface area contributed by atoms with Crippen molar-refractivity contribution in [1.29, 1.82) is 0 Å². The van der Waals surface area contributed by atoms with Gasteiger partial charge in [0.05, 0.1) is 0 Å². The van der Waals surface area contributed by atoms with Crippen molar-refractivity contribution in [2.75, 3.05) is 31.4 Å². The van der Waals surface area contributed by atoms with Crippen molar-refractivity contribution in [1.82, 2.24) is 0 Å². The van der Waals surface area contributed by atoms with Crippen LogP contribution in [0.1, 0.15) is 0 Å². The second-order valence-corrected chi connectivity index (χ2v) is 12.2. The normalized spacial score (nSPS) is 14.3. The summed E-state index contributed by atoms with van der Waals surface area (Å²) in [6, 6.07) is 45.8. The van der Waals surface area contributed by atoms with Crippen molar-refractivity contribution in [3.05, 3.63) is 127 Å². The highest BCUT2D eigenvalue weighted by Crippen LogP contribution is 2.36. The van der Waals surface area contributed by atoms with E-state index in [0.29, 0.717) is 0 Å². The number of hydrogen-bond acceptors (Lipinski definition) is 6. The minimum absolute atomic E-state index is 0.109. The van der Waals surface area contributed by atoms with Crippen molar-refractivity contribution in [3.63, 3.8) is 0 Å². The van der Waals surface area contributed by atoms with Crippen LogP contribution in [-0.2, 0) is 0 Å². The molecule has 0 aromatic heterocycles. The topological polar surface area (TPSA) is 72.2 Å². The van der Waals surface area contributed by atoms with Crippen LogP contribution in [0.25, 0.3) is 32.3 Å². The number of benzene rings is 7. The van der Waals surface area contributed by atoms with Crippen molar-refractivity contribution < 1.29 is 0 Å². The third-order valence-electron chi connectivity index (χ3n) is 9.51. The zero-order valence-corrected chi connectivity index (χ0v) is 24.4. The van der Waals surface area contributed by atoms with Crippen molar-refractivity contribution in [2.24, 2.45) is 0 Å². The standard InChI is InChI=1S/C36H27B3N6/c1-7-22-8-2-14-29-34(22)28(13-1)40-37(41-29)25-19-26(38-42-30-15-3-9-23-10-4-16-31(43-38)35(23)30)21-27(20-25)39-44-32-17-5-11-24-12-6-18-33(45-39)36(24)32/h1-21,40-45H. The third-order valence-corrected chi connectivity index (χ3v) is 9.51. The molecule has 3 aliphatic rings. The summed E-state index contributed by atoms with van der Waals surface area (Å²) >= 11 is 0. The lowest BCUT2D eigenvalue weighted by Gasteiger charge is -2.31. The van der Waals surface area contributed by atoms with Gasteiger partial charge in [-0.25, -0.2) is 0 Å². The Bertz CT molecular complexity index is 1950. The summed E-state index contributed by atoms with van der Waals surface area (Å²) in [5, 5.41) is 30.2. The fraction of sp³-hybridized carbons (Fsp3) is 0. The zero-order chi connectivity index (χ0) is 29.5. The van der Waals surface area contributed by atoms with E-state index in [9.17, 15) is 0 Å². The van der Waals surface area contributed by atoms with E-state index < -0.39 is 0 Å². The average molecular weight is 576 g/mol. The molecule has 0 fully saturated rings. The maximum absolute atomic E-state index is 3.81. The average Bonchev–Trinajstić information content (AvgIpc) is 3.09. The van der Waals surface area contributed by atoms with Crippen LogP contribution < -0.4 is 47.8 Å². The van der Waals surface area contributed by atoms with Gasteiger partial charge >= 0.3 is 20.9 Å². The first-order chi connectivity index (χ1) is 22.2. The molecule has 0 saturated heterocycles. The summed E-state index contributed by atoms with van der Waals surface area (Å²) in [6.45, 7) is -0.326. The monoisotopic (exact) mass is 576 g/mol. The SMILES string of the molecule is c1cc2c3c(cccc3c1)NB(c1cc(B3Nc4cccc5cccc(c45)N3)cc(B3Nc4cccc5cccc(c45)N3)c1)N2. The van der Waals surface area contributed by atoms with Gasteiger partial charge in [0, 0.05) is 50.3 Å². The molecule has 10 rings (SSSR count). The third kappa shape index (κ3) is 3.87. The van der Waals surface area contributed by atoms with Crippen LogP contribution in [0.5, 0.6) is 0 Å². The summed E-state index contributed by atoms with van der Waals surface area (Å²) in [6.07, 6.45) is 0. The molecule has 0 unspecified atom stereocenters. The predicted octanol–water partition coefficient (Wildman–Crippen LogP) is 5.84. The van der Waals surface area contributed by atoms with Crippen LogP contribution >= 0.6 is 0 Å². The van der Waals surface area contributed by atoms with E-state index >= 15 is 0 Å². The Kier molecular flexibility index (Phi) is 5.17. The Labute approximate surface area is 262 Å². The first-order valence-electron chi connectivity index (χ1n) is 15.5. The molecule has 7 aromatic rings. The summed E-state index contributed by atoms with van der Waals surface area (Å²) in [7, 11) is 0. The number of nitrogens with one attached hydrogen (secondary N) is 6. The molecular weight excluding hydrogens is 549 g/mol. The highest BCUT2D eigenvalue weighted by molar-refractivity contribution is 6.86. The molecule has 6 nitrogen and oxygen atoms in total. The van der Waals surface area contributed by atoms with Crippen molar-refractivity contribution >= 4 is 104 Å². The largest absolute Gasteiger partial charge is 0.406 e. The van der Waals surface area contributed by atoms with Gasteiger partial charge in [0.15, 0.2) is 0 Å². The molecule has 0 amide bonds. The Balaban J connectivity index is 1.09. The molecule has 0 radical (unpaired) electrons. The van der Waals surface area contributed by atoms with Crippen molar-refractivity contribution in [2.45, 2.75) is 0 Å². The molecule has 3 aliphatic heterocycles. The molecular formula is C36H27B3N6. The number of anilines is 6. The van der Waals surface area contributed by atoms with Gasteiger partial charge in [-0.2, -0.15) is 0 Å². The van der Waals surface area contributed by atoms with Gasteiger partial charge in [0.2, 0.25) is 0 Å². The molecule has 3 heterocycles. The number of rotatable bonds is 3. The van der Waals surface area contributed by atoms with Crippen LogP contribution in [0.3, 0.4) is 0 Å². The lowest BCUT2D eigenvalue weighted by Crippen LogP contribution is -2.57. The zero-order valence-electron chi connectivity index (χ0n) is 24.4. The molecule has 0 atom stereocenters. The van der Waals surface area contributed by atoms with Gasteiger partial charge in [-0.15, -0.1) is 0 Å². The number of hydrogen-bond donors (Lipinski definition) is 6. The maximum Gasteiger partial charge on any atom is 0.406 e. The quantitative estimate of drug-likeness (QED) is 0.149. The Morgan fingerprint density at radius 1 is 0.289 bits per heavy atom. The van der Waals surface area contributed by atoms with E-state index in [4.69, 9.17) is 0 Å². The molecule has 6 N–H and O–H groups in total. The van der Waals surface area contributed by atoms with Gasteiger partial charge in [0.25, 0.3) is 0 Å². The van der Waals surface area contributed by atoms with E-state index in [1.807, 2.05) is 0 Å². The summed E-state index contributed by atoms with van der Waals surface area (Å²) in [5.41, 5.74) is 10.3. The first-order valence-corrected chi connectivity index (χ1v) is 15.5. The van der Waals surface area contributed by atoms with Gasteiger partial charge in [-0.05, 0) is 68.9 Å². The van der Waals surface area contributed by atoms with Gasteiger partial charge in [-0.1, -0.05) is 91.0 Å². The van der Waals surface area contributed by atoms with Crippen LogP contribution in [0.2, 0.25) is 0 Å². The molecule has 45 heavy (non-hydrogen) atoms. The Morgan fingerprint density at radius 2 is 0.511 bits per heavy atom. The molecule has 7 aromatic carbocycles. The lowest BCUT2D eigenvalue weighted by molar-refractivity contribution is 1.58. The fourth-order valence-corrected chi connectivity index (χ4v) is 7.49. The minimum atomic E-state index is -0.109. The highest BCUT2D eigenvalue weighted by atomic mass is 15.0. The van der Waals surface area contributed by atoms with Crippen LogP contribution in [0, 0.1) is 0 Å². The van der Waals surface area contributed by atoms with Crippen LogP contribution in [0.15, 0.2) is 127 Å². The van der Waals surface area contributed by atoms with Crippen LogP contribution in [0.4, 0.5) is 34.1 Å². The first kappa shape index (κ1) is 24.7. The summed E-state index contributed by atoms with van der Waals surface area (Å²) in [5.74, 6) is 0. The van der Waals surface area contributed by atoms with E-state index in [1.165, 1.54) is 32.3 Å². The van der Waals surface area contributed by atoms with Crippen molar-refractivity contribution in [3.8, 4) is 0 Å². The summed E-state index contributed by atoms with van der Waals surface area (Å²) in [4.78, 5) is 0. The smallest absolute Gasteiger partial charge is 0.405 e. The lowest BCUT2D eigenvalue weighted by atomic mass is 9.56. The molecule has 0 bridgehead atoms. The maximum atomic E-state index is 3.81. The predicted molar refractivity (Wildman–Crippen MR) is 196 cm³/mol. The molecule has 0 spiro atoms. The molecule has 0 saturated carbocycles.